The highest BCUT2D eigenvalue weighted by Crippen LogP contribution is 2.34. The molecule has 0 fully saturated rings. The molecule has 2 atom stereocenters. The number of pyridine rings is 1. The minimum atomic E-state index is -0.813. The molecule has 1 aromatic heterocycles. The molecule has 1 heterocycles. The van der Waals surface area contributed by atoms with Crippen molar-refractivity contribution in [1.82, 2.24) is 4.98 Å². The first-order valence-electron chi connectivity index (χ1n) is 8.37. The highest BCUT2D eigenvalue weighted by atomic mass is 19.1. The Morgan fingerprint density at radius 2 is 1.93 bits per heavy atom. The van der Waals surface area contributed by atoms with Crippen molar-refractivity contribution in [3.63, 3.8) is 0 Å². The summed E-state index contributed by atoms with van der Waals surface area (Å²) in [5.74, 6) is -3.15. The van der Waals surface area contributed by atoms with Crippen LogP contribution in [0.4, 0.5) is 13.2 Å². The molecule has 4 N–H and O–H groups in total. The van der Waals surface area contributed by atoms with Crippen LogP contribution in [-0.4, -0.2) is 10.9 Å². The van der Waals surface area contributed by atoms with Crippen LogP contribution in [0.3, 0.4) is 0 Å². The lowest BCUT2D eigenvalue weighted by Gasteiger charge is -2.23. The van der Waals surface area contributed by atoms with E-state index in [-0.39, 0.29) is 24.3 Å². The third-order valence-electron chi connectivity index (χ3n) is 4.48. The van der Waals surface area contributed by atoms with Crippen LogP contribution in [0, 0.1) is 11.6 Å². The number of primary amides is 1. The number of hydrogen-bond donors (Lipinski definition) is 2. The number of hydrogen-bond acceptors (Lipinski definition) is 3. The zero-order valence-corrected chi connectivity index (χ0v) is 14.3. The molecule has 2 aromatic rings. The zero-order valence-electron chi connectivity index (χ0n) is 14.3. The number of amides is 1. The SMILES string of the molecule is NC(=O)C1=C(F)C=CC(c2cccnc2[C@@H](N)Cc2cc(F)cc(F)c2)C1. The fourth-order valence-electron chi connectivity index (χ4n) is 3.25. The van der Waals surface area contributed by atoms with E-state index in [0.29, 0.717) is 16.8 Å². The van der Waals surface area contributed by atoms with E-state index in [0.717, 1.165) is 6.07 Å². The van der Waals surface area contributed by atoms with Gasteiger partial charge in [0.1, 0.15) is 17.5 Å². The zero-order chi connectivity index (χ0) is 19.6. The van der Waals surface area contributed by atoms with Crippen LogP contribution < -0.4 is 11.5 Å². The van der Waals surface area contributed by atoms with Gasteiger partial charge >= 0.3 is 0 Å². The number of carbonyl (C=O) groups is 1. The lowest BCUT2D eigenvalue weighted by Crippen LogP contribution is -2.21. The van der Waals surface area contributed by atoms with Crippen LogP contribution in [0.5, 0.6) is 0 Å². The maximum atomic E-state index is 13.8. The Morgan fingerprint density at radius 1 is 1.22 bits per heavy atom. The van der Waals surface area contributed by atoms with Crippen molar-refractivity contribution in [3.8, 4) is 0 Å². The van der Waals surface area contributed by atoms with Gasteiger partial charge in [-0.3, -0.25) is 9.78 Å². The van der Waals surface area contributed by atoms with Gasteiger partial charge in [-0.25, -0.2) is 13.2 Å². The van der Waals surface area contributed by atoms with Gasteiger partial charge in [-0.2, -0.15) is 0 Å². The predicted molar refractivity (Wildman–Crippen MR) is 95.1 cm³/mol. The van der Waals surface area contributed by atoms with E-state index in [1.165, 1.54) is 18.2 Å². The van der Waals surface area contributed by atoms with Crippen LogP contribution in [0.25, 0.3) is 0 Å². The summed E-state index contributed by atoms with van der Waals surface area (Å²) in [6, 6.07) is 6.08. The smallest absolute Gasteiger partial charge is 0.247 e. The first kappa shape index (κ1) is 18.8. The largest absolute Gasteiger partial charge is 0.366 e. The topological polar surface area (TPSA) is 82.0 Å². The molecule has 1 amide bonds. The summed E-state index contributed by atoms with van der Waals surface area (Å²) in [7, 11) is 0. The summed E-state index contributed by atoms with van der Waals surface area (Å²) in [5.41, 5.74) is 13.0. The van der Waals surface area contributed by atoms with Crippen LogP contribution in [0.2, 0.25) is 0 Å². The molecule has 4 nitrogen and oxygen atoms in total. The van der Waals surface area contributed by atoms with Crippen LogP contribution in [-0.2, 0) is 11.2 Å². The maximum absolute atomic E-state index is 13.8. The summed E-state index contributed by atoms with van der Waals surface area (Å²) >= 11 is 0. The van der Waals surface area contributed by atoms with E-state index >= 15 is 0 Å². The quantitative estimate of drug-likeness (QED) is 0.843. The van der Waals surface area contributed by atoms with Crippen LogP contribution >= 0.6 is 0 Å². The second-order valence-corrected chi connectivity index (χ2v) is 6.43. The Bertz CT molecular complexity index is 920. The lowest BCUT2D eigenvalue weighted by molar-refractivity contribution is -0.114. The van der Waals surface area contributed by atoms with E-state index in [2.05, 4.69) is 4.98 Å². The monoisotopic (exact) mass is 373 g/mol. The molecule has 1 aliphatic carbocycles. The molecule has 0 radical (unpaired) electrons. The molecule has 1 unspecified atom stereocenters. The van der Waals surface area contributed by atoms with Gasteiger partial charge in [-0.1, -0.05) is 12.1 Å². The number of nitrogens with two attached hydrogens (primary N) is 2. The molecule has 27 heavy (non-hydrogen) atoms. The summed E-state index contributed by atoms with van der Waals surface area (Å²) in [4.78, 5) is 15.8. The second kappa shape index (κ2) is 7.75. The molecule has 7 heteroatoms. The number of halogens is 3. The number of benzene rings is 1. The Labute approximate surface area is 154 Å². The first-order chi connectivity index (χ1) is 12.8. The van der Waals surface area contributed by atoms with E-state index in [1.807, 2.05) is 0 Å². The first-order valence-corrected chi connectivity index (χ1v) is 8.37. The fraction of sp³-hybridized carbons (Fsp3) is 0.200. The molecular formula is C20H18F3N3O. The molecule has 0 saturated carbocycles. The number of nitrogens with zero attached hydrogens (tertiary/aromatic N) is 1. The van der Waals surface area contributed by atoms with Gasteiger partial charge in [0.05, 0.1) is 17.3 Å². The highest BCUT2D eigenvalue weighted by molar-refractivity contribution is 5.93. The maximum Gasteiger partial charge on any atom is 0.247 e. The van der Waals surface area contributed by atoms with Crippen molar-refractivity contribution in [3.05, 3.63) is 88.5 Å². The van der Waals surface area contributed by atoms with Gasteiger partial charge in [0.25, 0.3) is 0 Å². The number of carbonyl (C=O) groups excluding carboxylic acids is 1. The molecule has 0 bridgehead atoms. The third-order valence-corrected chi connectivity index (χ3v) is 4.48. The molecule has 0 saturated heterocycles. The number of aromatic nitrogens is 1. The molecule has 1 aromatic carbocycles. The van der Waals surface area contributed by atoms with Crippen LogP contribution in [0.1, 0.15) is 35.2 Å². The Morgan fingerprint density at radius 3 is 2.59 bits per heavy atom. The van der Waals surface area contributed by atoms with E-state index < -0.39 is 29.4 Å². The second-order valence-electron chi connectivity index (χ2n) is 6.43. The normalized spacial score (nSPS) is 17.9. The van der Waals surface area contributed by atoms with Gasteiger partial charge < -0.3 is 11.5 Å². The van der Waals surface area contributed by atoms with Crippen molar-refractivity contribution >= 4 is 5.91 Å². The molecule has 3 rings (SSSR count). The van der Waals surface area contributed by atoms with Gasteiger partial charge in [-0.05, 0) is 48.2 Å². The van der Waals surface area contributed by atoms with Crippen LogP contribution in [0.15, 0.2) is 60.1 Å². The number of rotatable bonds is 5. The third kappa shape index (κ3) is 4.25. The van der Waals surface area contributed by atoms with Crippen molar-refractivity contribution in [2.75, 3.05) is 0 Å². The summed E-state index contributed by atoms with van der Waals surface area (Å²) in [6.07, 6.45) is 4.65. The van der Waals surface area contributed by atoms with Gasteiger partial charge in [0.15, 0.2) is 0 Å². The minimum absolute atomic E-state index is 0.0851. The summed E-state index contributed by atoms with van der Waals surface area (Å²) < 4.78 is 40.6. The fourth-order valence-corrected chi connectivity index (χ4v) is 3.25. The Balaban J connectivity index is 1.88. The standard InChI is InChI=1S/C20H18F3N3O/c21-13-6-11(7-14(22)10-13)8-18(24)19-15(2-1-5-26-19)12-3-4-17(23)16(9-12)20(25)27/h1-7,10,12,18H,8-9,24H2,(H2,25,27)/t12?,18-/m0/s1. The molecule has 140 valence electrons. The molecular weight excluding hydrogens is 355 g/mol. The van der Waals surface area contributed by atoms with Crippen molar-refractivity contribution in [2.45, 2.75) is 24.8 Å². The van der Waals surface area contributed by atoms with Gasteiger partial charge in [0, 0.05) is 18.2 Å². The summed E-state index contributed by atoms with van der Waals surface area (Å²) in [5, 5.41) is 0. The lowest BCUT2D eigenvalue weighted by atomic mass is 9.85. The summed E-state index contributed by atoms with van der Waals surface area (Å²) in [6.45, 7) is 0. The molecule has 0 spiro atoms. The van der Waals surface area contributed by atoms with E-state index in [9.17, 15) is 18.0 Å². The van der Waals surface area contributed by atoms with Gasteiger partial charge in [-0.15, -0.1) is 0 Å². The van der Waals surface area contributed by atoms with Crippen molar-refractivity contribution in [2.24, 2.45) is 11.5 Å². The average molecular weight is 373 g/mol. The molecule has 1 aliphatic rings. The average Bonchev–Trinajstić information content (AvgIpc) is 2.61. The minimum Gasteiger partial charge on any atom is -0.366 e. The van der Waals surface area contributed by atoms with Gasteiger partial charge in [0.2, 0.25) is 5.91 Å². The number of allylic oxidation sites excluding steroid dienone is 3. The van der Waals surface area contributed by atoms with E-state index in [1.54, 1.807) is 24.4 Å². The molecule has 0 aliphatic heterocycles. The van der Waals surface area contributed by atoms with Crippen molar-refractivity contribution < 1.29 is 18.0 Å². The Kier molecular flexibility index (Phi) is 5.41. The Hall–Kier alpha value is -2.93. The predicted octanol–water partition coefficient (Wildman–Crippen LogP) is 3.35. The van der Waals surface area contributed by atoms with Crippen molar-refractivity contribution in [1.29, 1.82) is 0 Å². The van der Waals surface area contributed by atoms with E-state index in [4.69, 9.17) is 11.5 Å². The highest BCUT2D eigenvalue weighted by Gasteiger charge is 2.25.